The van der Waals surface area contributed by atoms with Crippen LogP contribution >= 0.6 is 11.6 Å². The zero-order valence-corrected chi connectivity index (χ0v) is 13.2. The van der Waals surface area contributed by atoms with Crippen molar-refractivity contribution in [1.82, 2.24) is 4.72 Å². The first-order chi connectivity index (χ1) is 10.5. The maximum absolute atomic E-state index is 12.5. The molecular formula is C14H13ClN2O4S. The van der Waals surface area contributed by atoms with Crippen molar-refractivity contribution >= 4 is 21.6 Å². The van der Waals surface area contributed by atoms with Crippen molar-refractivity contribution in [2.45, 2.75) is 10.9 Å². The van der Waals surface area contributed by atoms with Crippen molar-refractivity contribution < 1.29 is 17.6 Å². The molecule has 0 amide bonds. The minimum Gasteiger partial charge on any atom is -0.468 e. The van der Waals surface area contributed by atoms with Gasteiger partial charge in [0.2, 0.25) is 10.0 Å². The van der Waals surface area contributed by atoms with Crippen LogP contribution in [-0.4, -0.2) is 22.1 Å². The van der Waals surface area contributed by atoms with E-state index in [1.165, 1.54) is 31.6 Å². The molecule has 0 fully saturated rings. The third-order valence-electron chi connectivity index (χ3n) is 2.87. The molecule has 116 valence electrons. The molecule has 0 saturated carbocycles. The van der Waals surface area contributed by atoms with Crippen LogP contribution in [0.4, 0.5) is 0 Å². The molecule has 0 saturated heterocycles. The van der Waals surface area contributed by atoms with E-state index in [9.17, 15) is 8.42 Å². The number of benzene rings is 1. The van der Waals surface area contributed by atoms with Crippen molar-refractivity contribution in [3.63, 3.8) is 0 Å². The Bertz CT molecular complexity index is 782. The summed E-state index contributed by atoms with van der Waals surface area (Å²) in [6, 6.07) is 8.45. The van der Waals surface area contributed by atoms with Crippen molar-refractivity contribution in [3.8, 4) is 6.07 Å². The average Bonchev–Trinajstić information content (AvgIpc) is 3.01. The Morgan fingerprint density at radius 2 is 2.23 bits per heavy atom. The Hall–Kier alpha value is -1.85. The Morgan fingerprint density at radius 1 is 1.45 bits per heavy atom. The minimum atomic E-state index is -3.97. The maximum atomic E-state index is 12.5. The summed E-state index contributed by atoms with van der Waals surface area (Å²) in [5, 5.41) is 9.29. The fourth-order valence-electron chi connectivity index (χ4n) is 1.89. The Kier molecular flexibility index (Phi) is 5.21. The van der Waals surface area contributed by atoms with Crippen molar-refractivity contribution in [1.29, 1.82) is 5.26 Å². The number of sulfonamides is 1. The van der Waals surface area contributed by atoms with Gasteiger partial charge >= 0.3 is 0 Å². The van der Waals surface area contributed by atoms with Gasteiger partial charge in [0, 0.05) is 12.1 Å². The minimum absolute atomic E-state index is 0.00696. The lowest BCUT2D eigenvalue weighted by Crippen LogP contribution is -2.31. The van der Waals surface area contributed by atoms with Crippen molar-refractivity contribution in [2.75, 3.05) is 13.7 Å². The normalized spacial score (nSPS) is 12.8. The largest absolute Gasteiger partial charge is 0.468 e. The number of ether oxygens (including phenoxy) is 1. The number of hydrogen-bond donors (Lipinski definition) is 1. The lowest BCUT2D eigenvalue weighted by molar-refractivity contribution is 0.166. The second-order valence-electron chi connectivity index (χ2n) is 4.40. The van der Waals surface area contributed by atoms with Crippen LogP contribution < -0.4 is 4.72 Å². The fraction of sp³-hybridized carbons (Fsp3) is 0.214. The third-order valence-corrected chi connectivity index (χ3v) is 4.62. The first kappa shape index (κ1) is 16.5. The number of halogens is 1. The van der Waals surface area contributed by atoms with Crippen LogP contribution in [0.3, 0.4) is 0 Å². The highest BCUT2D eigenvalue weighted by molar-refractivity contribution is 7.89. The summed E-state index contributed by atoms with van der Waals surface area (Å²) in [6.45, 7) is 0.0786. The van der Waals surface area contributed by atoms with Gasteiger partial charge in [-0.25, -0.2) is 8.42 Å². The number of nitrogens with zero attached hydrogens (tertiary/aromatic N) is 1. The second kappa shape index (κ2) is 6.94. The number of methoxy groups -OCH3 is 1. The standard InChI is InChI=1S/C14H13ClN2O4S/c1-20-9-12(13-3-2-6-21-13)17-22(18,19)14-7-11(15)5-4-10(14)8-16/h2-7,12,17H,9H2,1H3/t12-/m1/s1. The average molecular weight is 341 g/mol. The van der Waals surface area contributed by atoms with Gasteiger partial charge in [-0.15, -0.1) is 0 Å². The number of hydrogen-bond acceptors (Lipinski definition) is 5. The van der Waals surface area contributed by atoms with Crippen LogP contribution in [0.1, 0.15) is 17.4 Å². The molecule has 8 heteroatoms. The zero-order valence-electron chi connectivity index (χ0n) is 11.6. The first-order valence-electron chi connectivity index (χ1n) is 6.22. The number of nitriles is 1. The van der Waals surface area contributed by atoms with E-state index in [0.717, 1.165) is 0 Å². The molecule has 1 atom stereocenters. The molecule has 0 unspecified atom stereocenters. The molecule has 22 heavy (non-hydrogen) atoms. The Balaban J connectivity index is 2.38. The Morgan fingerprint density at radius 3 is 2.82 bits per heavy atom. The SMILES string of the molecule is COC[C@@H](NS(=O)(=O)c1cc(Cl)ccc1C#N)c1ccco1. The van der Waals surface area contributed by atoms with E-state index in [2.05, 4.69) is 4.72 Å². The van der Waals surface area contributed by atoms with Crippen molar-refractivity contribution in [3.05, 3.63) is 52.9 Å². The summed E-state index contributed by atoms with van der Waals surface area (Å²) < 4.78 is 37.7. The zero-order chi connectivity index (χ0) is 16.2. The summed E-state index contributed by atoms with van der Waals surface area (Å²) in [6.07, 6.45) is 1.44. The van der Waals surface area contributed by atoms with E-state index in [0.29, 0.717) is 5.76 Å². The lowest BCUT2D eigenvalue weighted by atomic mass is 10.2. The molecule has 0 aliphatic rings. The van der Waals surface area contributed by atoms with Gasteiger partial charge in [-0.3, -0.25) is 0 Å². The van der Waals surface area contributed by atoms with Crippen LogP contribution in [0.25, 0.3) is 0 Å². The molecular weight excluding hydrogens is 328 g/mol. The van der Waals surface area contributed by atoms with E-state index in [1.807, 2.05) is 6.07 Å². The molecule has 6 nitrogen and oxygen atoms in total. The van der Waals surface area contributed by atoms with Gasteiger partial charge in [0.25, 0.3) is 0 Å². The van der Waals surface area contributed by atoms with E-state index in [1.54, 1.807) is 12.1 Å². The highest BCUT2D eigenvalue weighted by Crippen LogP contribution is 2.23. The molecule has 0 bridgehead atoms. The Labute approximate surface area is 133 Å². The summed E-state index contributed by atoms with van der Waals surface area (Å²) in [7, 11) is -2.52. The summed E-state index contributed by atoms with van der Waals surface area (Å²) in [4.78, 5) is -0.185. The van der Waals surface area contributed by atoms with E-state index in [4.69, 9.17) is 26.0 Å². The smallest absolute Gasteiger partial charge is 0.242 e. The lowest BCUT2D eigenvalue weighted by Gasteiger charge is -2.16. The topological polar surface area (TPSA) is 92.3 Å². The van der Waals surface area contributed by atoms with Crippen LogP contribution in [-0.2, 0) is 14.8 Å². The van der Waals surface area contributed by atoms with Gasteiger partial charge in [-0.1, -0.05) is 11.6 Å². The van der Waals surface area contributed by atoms with Crippen molar-refractivity contribution in [2.24, 2.45) is 0 Å². The number of nitrogens with one attached hydrogen (secondary N) is 1. The summed E-state index contributed by atoms with van der Waals surface area (Å²) in [5.41, 5.74) is 0.00696. The van der Waals surface area contributed by atoms with Gasteiger partial charge in [0.1, 0.15) is 22.8 Å². The molecule has 1 aromatic carbocycles. The molecule has 1 aromatic heterocycles. The maximum Gasteiger partial charge on any atom is 0.242 e. The van der Waals surface area contributed by atoms with E-state index < -0.39 is 16.1 Å². The molecule has 2 aromatic rings. The van der Waals surface area contributed by atoms with Gasteiger partial charge in [-0.2, -0.15) is 9.98 Å². The third kappa shape index (κ3) is 3.67. The monoisotopic (exact) mass is 340 g/mol. The summed E-state index contributed by atoms with van der Waals surface area (Å²) >= 11 is 5.83. The predicted molar refractivity (Wildman–Crippen MR) is 79.8 cm³/mol. The van der Waals surface area contributed by atoms with Crippen LogP contribution in [0.2, 0.25) is 5.02 Å². The van der Waals surface area contributed by atoms with Crippen LogP contribution in [0.15, 0.2) is 45.9 Å². The van der Waals surface area contributed by atoms with Gasteiger partial charge in [-0.05, 0) is 30.3 Å². The highest BCUT2D eigenvalue weighted by Gasteiger charge is 2.25. The number of rotatable bonds is 6. The molecule has 0 aliphatic heterocycles. The highest BCUT2D eigenvalue weighted by atomic mass is 35.5. The molecule has 1 heterocycles. The summed E-state index contributed by atoms with van der Waals surface area (Å²) in [5.74, 6) is 0.408. The quantitative estimate of drug-likeness (QED) is 0.872. The molecule has 0 aliphatic carbocycles. The van der Waals surface area contributed by atoms with Gasteiger partial charge < -0.3 is 9.15 Å². The van der Waals surface area contributed by atoms with Gasteiger partial charge in [0.05, 0.1) is 18.4 Å². The second-order valence-corrected chi connectivity index (χ2v) is 6.52. The van der Waals surface area contributed by atoms with E-state index in [-0.39, 0.29) is 22.1 Å². The molecule has 1 N–H and O–H groups in total. The number of furan rings is 1. The molecule has 0 radical (unpaired) electrons. The van der Waals surface area contributed by atoms with Crippen LogP contribution in [0, 0.1) is 11.3 Å². The first-order valence-corrected chi connectivity index (χ1v) is 8.08. The molecule has 0 spiro atoms. The predicted octanol–water partition coefficient (Wildman–Crippen LogP) is 2.47. The fourth-order valence-corrected chi connectivity index (χ4v) is 3.50. The molecule has 2 rings (SSSR count). The van der Waals surface area contributed by atoms with Gasteiger partial charge in [0.15, 0.2) is 0 Å². The van der Waals surface area contributed by atoms with Crippen LogP contribution in [0.5, 0.6) is 0 Å². The van der Waals surface area contributed by atoms with E-state index >= 15 is 0 Å².